The maximum absolute atomic E-state index is 11.4. The highest BCUT2D eigenvalue weighted by molar-refractivity contribution is 5.97. The van der Waals surface area contributed by atoms with Gasteiger partial charge in [0.05, 0.1) is 5.56 Å². The summed E-state index contributed by atoms with van der Waals surface area (Å²) in [6, 6.07) is 0. The normalized spacial score (nSPS) is 11.2. The van der Waals surface area contributed by atoms with Crippen molar-refractivity contribution in [3.05, 3.63) is 11.8 Å². The number of unbranched alkanes of at least 4 members (excludes halogenated alkanes) is 1. The highest BCUT2D eigenvalue weighted by atomic mass is 16.2. The fourth-order valence-electron chi connectivity index (χ4n) is 1.53. The van der Waals surface area contributed by atoms with Gasteiger partial charge in [-0.1, -0.05) is 0 Å². The van der Waals surface area contributed by atoms with Crippen molar-refractivity contribution in [3.8, 4) is 0 Å². The van der Waals surface area contributed by atoms with Crippen LogP contribution in [0.3, 0.4) is 0 Å². The van der Waals surface area contributed by atoms with Crippen LogP contribution in [0.25, 0.3) is 0 Å². The average Bonchev–Trinajstić information content (AvgIpc) is 2.32. The number of hydrogen-bond donors (Lipinski definition) is 4. The second-order valence-corrected chi connectivity index (χ2v) is 5.55. The first-order chi connectivity index (χ1) is 9.33. The molecule has 0 atom stereocenters. The monoisotopic (exact) mass is 281 g/mol. The first kappa shape index (κ1) is 16.2. The Morgan fingerprint density at radius 1 is 1.40 bits per heavy atom. The SMILES string of the molecule is CC(C)(C)Nc1nc(NCCCCO)ncc1C(N)=O. The first-order valence-corrected chi connectivity index (χ1v) is 6.63. The second kappa shape index (κ2) is 7.04. The van der Waals surface area contributed by atoms with E-state index in [9.17, 15) is 4.79 Å². The summed E-state index contributed by atoms with van der Waals surface area (Å²) in [7, 11) is 0. The first-order valence-electron chi connectivity index (χ1n) is 6.63. The third kappa shape index (κ3) is 5.40. The molecule has 0 fully saturated rings. The number of nitrogens with two attached hydrogens (primary N) is 1. The molecular weight excluding hydrogens is 258 g/mol. The van der Waals surface area contributed by atoms with Crippen LogP contribution in [0.1, 0.15) is 44.0 Å². The van der Waals surface area contributed by atoms with Crippen molar-refractivity contribution in [1.29, 1.82) is 0 Å². The fraction of sp³-hybridized carbons (Fsp3) is 0.615. The van der Waals surface area contributed by atoms with Gasteiger partial charge in [-0.2, -0.15) is 4.98 Å². The van der Waals surface area contributed by atoms with Gasteiger partial charge in [0.15, 0.2) is 0 Å². The van der Waals surface area contributed by atoms with Crippen LogP contribution in [0.4, 0.5) is 11.8 Å². The van der Waals surface area contributed by atoms with Crippen molar-refractivity contribution in [2.24, 2.45) is 5.73 Å². The Morgan fingerprint density at radius 3 is 2.65 bits per heavy atom. The minimum Gasteiger partial charge on any atom is -0.396 e. The molecule has 5 N–H and O–H groups in total. The van der Waals surface area contributed by atoms with Crippen LogP contribution in [0.2, 0.25) is 0 Å². The van der Waals surface area contributed by atoms with Crippen molar-refractivity contribution < 1.29 is 9.90 Å². The van der Waals surface area contributed by atoms with Crippen molar-refractivity contribution >= 4 is 17.7 Å². The summed E-state index contributed by atoms with van der Waals surface area (Å²) < 4.78 is 0. The molecule has 0 saturated carbocycles. The number of carbonyl (C=O) groups excluding carboxylic acids is 1. The lowest BCUT2D eigenvalue weighted by Crippen LogP contribution is -2.29. The van der Waals surface area contributed by atoms with E-state index < -0.39 is 5.91 Å². The number of aliphatic hydroxyl groups is 1. The topological polar surface area (TPSA) is 113 Å². The molecule has 0 aliphatic carbocycles. The number of hydrogen-bond acceptors (Lipinski definition) is 6. The molecule has 0 unspecified atom stereocenters. The van der Waals surface area contributed by atoms with Crippen molar-refractivity contribution in [3.63, 3.8) is 0 Å². The van der Waals surface area contributed by atoms with E-state index in [1.54, 1.807) is 0 Å². The summed E-state index contributed by atoms with van der Waals surface area (Å²) in [4.78, 5) is 19.7. The van der Waals surface area contributed by atoms with E-state index in [1.807, 2.05) is 20.8 Å². The van der Waals surface area contributed by atoms with Gasteiger partial charge in [0.2, 0.25) is 5.95 Å². The molecule has 0 radical (unpaired) electrons. The molecule has 0 saturated heterocycles. The predicted octanol–water partition coefficient (Wildman–Crippen LogP) is 0.970. The molecule has 0 aliphatic rings. The van der Waals surface area contributed by atoms with Gasteiger partial charge in [0, 0.05) is 24.9 Å². The number of carbonyl (C=O) groups is 1. The number of primary amides is 1. The number of nitrogens with one attached hydrogen (secondary N) is 2. The Balaban J connectivity index is 2.84. The lowest BCUT2D eigenvalue weighted by molar-refractivity contribution is 0.100. The fourth-order valence-corrected chi connectivity index (χ4v) is 1.53. The van der Waals surface area contributed by atoms with Gasteiger partial charge >= 0.3 is 0 Å². The molecule has 0 spiro atoms. The van der Waals surface area contributed by atoms with Gasteiger partial charge in [-0.15, -0.1) is 0 Å². The molecule has 0 aromatic carbocycles. The molecule has 1 aromatic heterocycles. The van der Waals surface area contributed by atoms with E-state index in [0.717, 1.165) is 12.8 Å². The van der Waals surface area contributed by atoms with Crippen molar-refractivity contribution in [1.82, 2.24) is 9.97 Å². The quantitative estimate of drug-likeness (QED) is 0.554. The van der Waals surface area contributed by atoms with Crippen LogP contribution < -0.4 is 16.4 Å². The van der Waals surface area contributed by atoms with Crippen LogP contribution in [0.15, 0.2) is 6.20 Å². The summed E-state index contributed by atoms with van der Waals surface area (Å²) in [5.41, 5.74) is 5.34. The lowest BCUT2D eigenvalue weighted by Gasteiger charge is -2.22. The van der Waals surface area contributed by atoms with Crippen LogP contribution >= 0.6 is 0 Å². The molecule has 0 aliphatic heterocycles. The number of anilines is 2. The van der Waals surface area contributed by atoms with Gasteiger partial charge in [0.1, 0.15) is 5.82 Å². The summed E-state index contributed by atoms with van der Waals surface area (Å²) in [5, 5.41) is 14.9. The number of nitrogens with zero attached hydrogens (tertiary/aromatic N) is 2. The number of aliphatic hydroxyl groups excluding tert-OH is 1. The average molecular weight is 281 g/mol. The van der Waals surface area contributed by atoms with Crippen LogP contribution in [0, 0.1) is 0 Å². The van der Waals surface area contributed by atoms with E-state index in [4.69, 9.17) is 10.8 Å². The molecule has 1 amide bonds. The van der Waals surface area contributed by atoms with E-state index in [-0.39, 0.29) is 17.7 Å². The molecule has 0 bridgehead atoms. The van der Waals surface area contributed by atoms with Gasteiger partial charge in [-0.05, 0) is 33.6 Å². The Bertz CT molecular complexity index is 457. The van der Waals surface area contributed by atoms with Gasteiger partial charge < -0.3 is 21.5 Å². The minimum atomic E-state index is -0.566. The smallest absolute Gasteiger partial charge is 0.254 e. The zero-order valence-electron chi connectivity index (χ0n) is 12.2. The molecule has 1 heterocycles. The largest absolute Gasteiger partial charge is 0.396 e. The van der Waals surface area contributed by atoms with Gasteiger partial charge in [-0.25, -0.2) is 4.98 Å². The highest BCUT2D eigenvalue weighted by Gasteiger charge is 2.17. The maximum atomic E-state index is 11.4. The van der Waals surface area contributed by atoms with E-state index in [1.165, 1.54) is 6.20 Å². The summed E-state index contributed by atoms with van der Waals surface area (Å²) in [5.74, 6) is 0.285. The predicted molar refractivity (Wildman–Crippen MR) is 78.7 cm³/mol. The van der Waals surface area contributed by atoms with Crippen molar-refractivity contribution in [2.45, 2.75) is 39.2 Å². The van der Waals surface area contributed by atoms with E-state index in [0.29, 0.717) is 18.3 Å². The zero-order chi connectivity index (χ0) is 15.2. The van der Waals surface area contributed by atoms with Gasteiger partial charge in [-0.3, -0.25) is 4.79 Å². The van der Waals surface area contributed by atoms with Gasteiger partial charge in [0.25, 0.3) is 5.91 Å². The molecule has 112 valence electrons. The molecule has 20 heavy (non-hydrogen) atoms. The molecule has 1 aromatic rings. The third-order valence-corrected chi connectivity index (χ3v) is 2.42. The molecule has 1 rings (SSSR count). The third-order valence-electron chi connectivity index (χ3n) is 2.42. The van der Waals surface area contributed by atoms with E-state index in [2.05, 4.69) is 20.6 Å². The Hall–Kier alpha value is -1.89. The van der Waals surface area contributed by atoms with Crippen LogP contribution in [-0.2, 0) is 0 Å². The molecule has 7 nitrogen and oxygen atoms in total. The second-order valence-electron chi connectivity index (χ2n) is 5.55. The zero-order valence-corrected chi connectivity index (χ0v) is 12.2. The number of amides is 1. The Kier molecular flexibility index (Phi) is 5.69. The van der Waals surface area contributed by atoms with Crippen molar-refractivity contribution in [2.75, 3.05) is 23.8 Å². The highest BCUT2D eigenvalue weighted by Crippen LogP contribution is 2.18. The number of aromatic nitrogens is 2. The summed E-state index contributed by atoms with van der Waals surface area (Å²) in [6.45, 7) is 6.72. The minimum absolute atomic E-state index is 0.167. The maximum Gasteiger partial charge on any atom is 0.254 e. The van der Waals surface area contributed by atoms with E-state index >= 15 is 0 Å². The Labute approximate surface area is 119 Å². The lowest BCUT2D eigenvalue weighted by atomic mass is 10.1. The summed E-state index contributed by atoms with van der Waals surface area (Å²) in [6.07, 6.45) is 2.96. The standard InChI is InChI=1S/C13H23N5O2/c1-13(2,3)18-11-9(10(14)20)8-16-12(17-11)15-6-4-5-7-19/h8,19H,4-7H2,1-3H3,(H2,14,20)(H2,15,16,17,18). The molecular formula is C13H23N5O2. The number of rotatable bonds is 7. The summed E-state index contributed by atoms with van der Waals surface area (Å²) >= 11 is 0. The van der Waals surface area contributed by atoms with Crippen LogP contribution in [-0.4, -0.2) is 39.7 Å². The van der Waals surface area contributed by atoms with Crippen LogP contribution in [0.5, 0.6) is 0 Å². The Morgan fingerprint density at radius 2 is 2.10 bits per heavy atom. The molecule has 7 heteroatoms.